The van der Waals surface area contributed by atoms with Crippen molar-refractivity contribution < 1.29 is 9.53 Å². The molecular weight excluding hydrogens is 252 g/mol. The molecule has 0 spiro atoms. The molecule has 0 saturated carbocycles. The van der Waals surface area contributed by atoms with Gasteiger partial charge in [0.2, 0.25) is 0 Å². The second-order valence-corrected chi connectivity index (χ2v) is 4.17. The number of nitrogens with one attached hydrogen (secondary N) is 1. The Kier molecular flexibility index (Phi) is 4.89. The smallest absolute Gasteiger partial charge is 0.348 e. The van der Waals surface area contributed by atoms with Crippen molar-refractivity contribution in [1.82, 2.24) is 0 Å². The normalized spacial score (nSPS) is 10.9. The van der Waals surface area contributed by atoms with E-state index in [1.54, 1.807) is 12.1 Å². The number of nitrogens with zero attached hydrogens (tertiary/aromatic N) is 1. The van der Waals surface area contributed by atoms with Gasteiger partial charge in [0, 0.05) is 12.1 Å². The van der Waals surface area contributed by atoms with Gasteiger partial charge in [-0.25, -0.2) is 4.79 Å². The molecule has 2 aromatic carbocycles. The molecule has 2 amide bonds. The monoisotopic (exact) mass is 268 g/mol. The highest BCUT2D eigenvalue weighted by Crippen LogP contribution is 2.06. The lowest BCUT2D eigenvalue weighted by Gasteiger charge is -2.06. The average molecular weight is 268 g/mol. The van der Waals surface area contributed by atoms with Crippen molar-refractivity contribution in [2.45, 2.75) is 6.42 Å². The molecule has 0 fully saturated rings. The van der Waals surface area contributed by atoms with Crippen LogP contribution in [-0.4, -0.2) is 19.0 Å². The Labute approximate surface area is 118 Å². The highest BCUT2D eigenvalue weighted by atomic mass is 16.5. The van der Waals surface area contributed by atoms with E-state index in [9.17, 15) is 4.79 Å². The number of carbonyl (C=O) groups is 1. The van der Waals surface area contributed by atoms with E-state index in [1.165, 1.54) is 7.11 Å². The van der Waals surface area contributed by atoms with Crippen LogP contribution in [0.25, 0.3) is 0 Å². The summed E-state index contributed by atoms with van der Waals surface area (Å²) in [6, 6.07) is 18.5. The van der Waals surface area contributed by atoms with Crippen molar-refractivity contribution in [2.75, 3.05) is 12.4 Å². The van der Waals surface area contributed by atoms with E-state index < -0.39 is 6.03 Å². The van der Waals surface area contributed by atoms with Crippen LogP contribution in [0.3, 0.4) is 0 Å². The van der Waals surface area contributed by atoms with Crippen molar-refractivity contribution >= 4 is 17.6 Å². The quantitative estimate of drug-likeness (QED) is 0.684. The van der Waals surface area contributed by atoms with Gasteiger partial charge in [0.25, 0.3) is 0 Å². The zero-order valence-electron chi connectivity index (χ0n) is 11.2. The Hall–Kier alpha value is -2.62. The Bertz CT molecular complexity index is 580. The van der Waals surface area contributed by atoms with E-state index in [2.05, 4.69) is 10.3 Å². The summed E-state index contributed by atoms with van der Waals surface area (Å²) in [5.74, 6) is 0.379. The summed E-state index contributed by atoms with van der Waals surface area (Å²) in [4.78, 5) is 15.7. The molecule has 4 heteroatoms. The molecule has 20 heavy (non-hydrogen) atoms. The van der Waals surface area contributed by atoms with Crippen LogP contribution in [0.5, 0.6) is 0 Å². The summed E-state index contributed by atoms with van der Waals surface area (Å²) < 4.78 is 5.15. The average Bonchev–Trinajstić information content (AvgIpc) is 2.48. The molecule has 0 aliphatic heterocycles. The van der Waals surface area contributed by atoms with Gasteiger partial charge >= 0.3 is 6.03 Å². The number of urea groups is 1. The molecule has 0 aliphatic rings. The molecule has 102 valence electrons. The maximum atomic E-state index is 11.8. The summed E-state index contributed by atoms with van der Waals surface area (Å²) in [6.45, 7) is 0. The maximum Gasteiger partial charge on any atom is 0.348 e. The Morgan fingerprint density at radius 3 is 2.25 bits per heavy atom. The van der Waals surface area contributed by atoms with Crippen LogP contribution < -0.4 is 5.32 Å². The standard InChI is InChI=1S/C16H16N2O2/c1-20-15(12-13-8-4-2-5-9-13)18-16(19)17-14-10-6-3-7-11-14/h2-11H,12H2,1H3,(H,17,19)/b18-15-. The fourth-order valence-electron chi connectivity index (χ4n) is 1.71. The Balaban J connectivity index is 2.01. The van der Waals surface area contributed by atoms with Gasteiger partial charge in [-0.3, -0.25) is 0 Å². The molecule has 1 N–H and O–H groups in total. The lowest BCUT2D eigenvalue weighted by atomic mass is 10.1. The predicted molar refractivity (Wildman–Crippen MR) is 80.1 cm³/mol. The number of benzene rings is 2. The molecule has 0 bridgehead atoms. The van der Waals surface area contributed by atoms with Gasteiger partial charge in [-0.15, -0.1) is 0 Å². The van der Waals surface area contributed by atoms with Crippen LogP contribution in [-0.2, 0) is 11.2 Å². The Morgan fingerprint density at radius 1 is 1.05 bits per heavy atom. The lowest BCUT2D eigenvalue weighted by Crippen LogP contribution is -2.13. The zero-order chi connectivity index (χ0) is 14.2. The van der Waals surface area contributed by atoms with E-state index >= 15 is 0 Å². The van der Waals surface area contributed by atoms with E-state index in [1.807, 2.05) is 48.5 Å². The van der Waals surface area contributed by atoms with Gasteiger partial charge < -0.3 is 10.1 Å². The van der Waals surface area contributed by atoms with Gasteiger partial charge in [-0.05, 0) is 17.7 Å². The highest BCUT2D eigenvalue weighted by molar-refractivity contribution is 5.98. The SMILES string of the molecule is CO/C(Cc1ccccc1)=N\C(=O)Nc1ccccc1. The molecule has 0 saturated heterocycles. The van der Waals surface area contributed by atoms with Crippen molar-refractivity contribution in [3.8, 4) is 0 Å². The minimum atomic E-state index is -0.441. The minimum Gasteiger partial charge on any atom is -0.484 e. The molecule has 0 atom stereocenters. The molecule has 0 radical (unpaired) electrons. The summed E-state index contributed by atoms with van der Waals surface area (Å²) in [5, 5.41) is 2.69. The first-order valence-corrected chi connectivity index (χ1v) is 6.29. The molecule has 0 unspecified atom stereocenters. The number of aliphatic imine (C=N–C) groups is 1. The van der Waals surface area contributed by atoms with E-state index in [4.69, 9.17) is 4.74 Å². The van der Waals surface area contributed by atoms with E-state index in [0.29, 0.717) is 18.0 Å². The van der Waals surface area contributed by atoms with Gasteiger partial charge in [-0.2, -0.15) is 4.99 Å². The van der Waals surface area contributed by atoms with E-state index in [0.717, 1.165) is 5.56 Å². The minimum absolute atomic E-state index is 0.379. The number of rotatable bonds is 3. The number of hydrogen-bond donors (Lipinski definition) is 1. The molecular formula is C16H16N2O2. The molecule has 4 nitrogen and oxygen atoms in total. The molecule has 2 aromatic rings. The number of hydrogen-bond acceptors (Lipinski definition) is 2. The summed E-state index contributed by atoms with van der Waals surface area (Å²) >= 11 is 0. The first kappa shape index (κ1) is 13.8. The molecule has 2 rings (SSSR count). The van der Waals surface area contributed by atoms with Crippen LogP contribution in [0.1, 0.15) is 5.56 Å². The number of ether oxygens (including phenoxy) is 1. The van der Waals surface area contributed by atoms with Crippen LogP contribution in [0.15, 0.2) is 65.7 Å². The molecule has 0 aromatic heterocycles. The van der Waals surface area contributed by atoms with Crippen LogP contribution in [0.2, 0.25) is 0 Å². The van der Waals surface area contributed by atoms with Gasteiger partial charge in [0.05, 0.1) is 7.11 Å². The number of amides is 2. The third kappa shape index (κ3) is 4.24. The zero-order valence-corrected chi connectivity index (χ0v) is 11.2. The summed E-state index contributed by atoms with van der Waals surface area (Å²) in [5.41, 5.74) is 1.75. The van der Waals surface area contributed by atoms with Crippen LogP contribution in [0, 0.1) is 0 Å². The first-order valence-electron chi connectivity index (χ1n) is 6.29. The van der Waals surface area contributed by atoms with Crippen molar-refractivity contribution in [3.05, 3.63) is 66.2 Å². The predicted octanol–water partition coefficient (Wildman–Crippen LogP) is 3.51. The van der Waals surface area contributed by atoms with E-state index in [-0.39, 0.29) is 0 Å². The van der Waals surface area contributed by atoms with Gasteiger partial charge in [0.15, 0.2) is 5.90 Å². The third-order valence-electron chi connectivity index (χ3n) is 2.69. The van der Waals surface area contributed by atoms with Crippen molar-refractivity contribution in [2.24, 2.45) is 4.99 Å². The second-order valence-electron chi connectivity index (χ2n) is 4.17. The fourth-order valence-corrected chi connectivity index (χ4v) is 1.71. The summed E-state index contributed by atoms with van der Waals surface area (Å²) in [6.07, 6.45) is 0.486. The summed E-state index contributed by atoms with van der Waals surface area (Å²) in [7, 11) is 1.51. The maximum absolute atomic E-state index is 11.8. The van der Waals surface area contributed by atoms with Gasteiger partial charge in [0.1, 0.15) is 0 Å². The topological polar surface area (TPSA) is 50.7 Å². The second kappa shape index (κ2) is 7.09. The number of para-hydroxylation sites is 1. The first-order chi connectivity index (χ1) is 9.78. The van der Waals surface area contributed by atoms with Crippen molar-refractivity contribution in [3.63, 3.8) is 0 Å². The number of methoxy groups -OCH3 is 1. The fraction of sp³-hybridized carbons (Fsp3) is 0.125. The third-order valence-corrected chi connectivity index (χ3v) is 2.69. The highest BCUT2D eigenvalue weighted by Gasteiger charge is 2.05. The Morgan fingerprint density at radius 2 is 1.65 bits per heavy atom. The number of anilines is 1. The van der Waals surface area contributed by atoms with Crippen molar-refractivity contribution in [1.29, 1.82) is 0 Å². The van der Waals surface area contributed by atoms with Crippen LogP contribution in [0.4, 0.5) is 10.5 Å². The number of carbonyl (C=O) groups excluding carboxylic acids is 1. The molecule has 0 aliphatic carbocycles. The van der Waals surface area contributed by atoms with Crippen LogP contribution >= 0.6 is 0 Å². The largest absolute Gasteiger partial charge is 0.484 e. The molecule has 0 heterocycles. The lowest BCUT2D eigenvalue weighted by molar-refractivity contribution is 0.258. The van der Waals surface area contributed by atoms with Gasteiger partial charge in [-0.1, -0.05) is 48.5 Å².